The van der Waals surface area contributed by atoms with E-state index in [-0.39, 0.29) is 11.3 Å². The van der Waals surface area contributed by atoms with Crippen LogP contribution in [0.4, 0.5) is 18.9 Å². The molecule has 8 heteroatoms. The van der Waals surface area contributed by atoms with Crippen LogP contribution < -0.4 is 16.4 Å². The van der Waals surface area contributed by atoms with E-state index in [2.05, 4.69) is 10.6 Å². The van der Waals surface area contributed by atoms with Crippen molar-refractivity contribution in [3.8, 4) is 0 Å². The first-order chi connectivity index (χ1) is 9.52. The Morgan fingerprint density at radius 3 is 2.29 bits per heavy atom. The molecular formula is C13H16F3N3O2. The average Bonchev–Trinajstić information content (AvgIpc) is 2.38. The Hall–Kier alpha value is -2.09. The highest BCUT2D eigenvalue weighted by Gasteiger charge is 2.54. The van der Waals surface area contributed by atoms with Crippen molar-refractivity contribution in [1.29, 1.82) is 0 Å². The summed E-state index contributed by atoms with van der Waals surface area (Å²) in [4.78, 5) is 23.3. The van der Waals surface area contributed by atoms with Crippen LogP contribution in [0.1, 0.15) is 22.8 Å². The summed E-state index contributed by atoms with van der Waals surface area (Å²) in [5.41, 5.74) is 2.72. The van der Waals surface area contributed by atoms with Crippen LogP contribution in [-0.4, -0.2) is 30.6 Å². The Morgan fingerprint density at radius 2 is 1.81 bits per heavy atom. The minimum atomic E-state index is -4.89. The molecule has 0 radical (unpaired) electrons. The van der Waals surface area contributed by atoms with E-state index in [1.165, 1.54) is 32.2 Å². The highest BCUT2D eigenvalue weighted by Crippen LogP contribution is 2.29. The molecule has 0 bridgehead atoms. The number of benzene rings is 1. The summed E-state index contributed by atoms with van der Waals surface area (Å²) < 4.78 is 38.1. The number of hydrogen-bond acceptors (Lipinski definition) is 3. The van der Waals surface area contributed by atoms with E-state index in [9.17, 15) is 22.8 Å². The van der Waals surface area contributed by atoms with Gasteiger partial charge in [0, 0.05) is 18.3 Å². The third kappa shape index (κ3) is 3.33. The van der Waals surface area contributed by atoms with E-state index >= 15 is 0 Å². The summed E-state index contributed by atoms with van der Waals surface area (Å²) in [5.74, 6) is -1.80. The van der Waals surface area contributed by atoms with E-state index in [4.69, 9.17) is 5.73 Å². The van der Waals surface area contributed by atoms with Crippen molar-refractivity contribution in [1.82, 2.24) is 5.32 Å². The predicted molar refractivity (Wildman–Crippen MR) is 71.8 cm³/mol. The lowest BCUT2D eigenvalue weighted by Crippen LogP contribution is -2.59. The van der Waals surface area contributed by atoms with Gasteiger partial charge in [0.1, 0.15) is 0 Å². The maximum atomic E-state index is 12.7. The summed E-state index contributed by atoms with van der Waals surface area (Å²) in [6.45, 7) is 2.10. The lowest BCUT2D eigenvalue weighted by molar-refractivity contribution is -0.184. The molecular weight excluding hydrogens is 287 g/mol. The maximum Gasteiger partial charge on any atom is 0.415 e. The van der Waals surface area contributed by atoms with E-state index in [1.807, 2.05) is 0 Å². The van der Waals surface area contributed by atoms with Crippen LogP contribution in [0.25, 0.3) is 0 Å². The molecule has 0 fully saturated rings. The van der Waals surface area contributed by atoms with Gasteiger partial charge in [0.15, 0.2) is 5.54 Å². The molecule has 1 atom stereocenters. The molecule has 1 aromatic carbocycles. The first-order valence-corrected chi connectivity index (χ1v) is 6.01. The van der Waals surface area contributed by atoms with Crippen LogP contribution in [0, 0.1) is 6.92 Å². The normalized spacial score (nSPS) is 14.2. The van der Waals surface area contributed by atoms with Gasteiger partial charge in [0.2, 0.25) is 0 Å². The molecule has 0 aliphatic rings. The highest BCUT2D eigenvalue weighted by molar-refractivity contribution is 6.02. The minimum Gasteiger partial charge on any atom is -0.355 e. The number of rotatable bonds is 3. The minimum absolute atomic E-state index is 0.0991. The Kier molecular flexibility index (Phi) is 4.62. The fourth-order valence-corrected chi connectivity index (χ4v) is 1.53. The number of amides is 2. The van der Waals surface area contributed by atoms with E-state index in [0.29, 0.717) is 12.5 Å². The summed E-state index contributed by atoms with van der Waals surface area (Å²) in [5, 5.41) is 4.51. The maximum absolute atomic E-state index is 12.7. The van der Waals surface area contributed by atoms with E-state index < -0.39 is 23.5 Å². The zero-order chi connectivity index (χ0) is 16.4. The zero-order valence-electron chi connectivity index (χ0n) is 11.8. The average molecular weight is 303 g/mol. The van der Waals surface area contributed by atoms with Gasteiger partial charge in [-0.05, 0) is 31.5 Å². The third-order valence-corrected chi connectivity index (χ3v) is 3.11. The number of nitrogens with one attached hydrogen (secondary N) is 2. The van der Waals surface area contributed by atoms with Crippen molar-refractivity contribution in [2.24, 2.45) is 5.73 Å². The summed E-state index contributed by atoms with van der Waals surface area (Å²) in [6, 6.07) is 4.34. The molecule has 1 rings (SSSR count). The number of halogens is 3. The van der Waals surface area contributed by atoms with Crippen LogP contribution >= 0.6 is 0 Å². The smallest absolute Gasteiger partial charge is 0.355 e. The lowest BCUT2D eigenvalue weighted by Gasteiger charge is -2.26. The Morgan fingerprint density at radius 1 is 1.24 bits per heavy atom. The molecule has 0 aromatic heterocycles. The monoisotopic (exact) mass is 303 g/mol. The molecule has 5 nitrogen and oxygen atoms in total. The number of carbonyl (C=O) groups is 2. The fraction of sp³-hybridized carbons (Fsp3) is 0.385. The molecule has 21 heavy (non-hydrogen) atoms. The second-order valence-corrected chi connectivity index (χ2v) is 4.71. The van der Waals surface area contributed by atoms with Crippen molar-refractivity contribution in [3.63, 3.8) is 0 Å². The molecule has 0 heterocycles. The molecule has 4 N–H and O–H groups in total. The molecule has 1 unspecified atom stereocenters. The SMILES string of the molecule is CNC(=O)c1cccc(NC(=O)C(C)(N)C(F)(F)F)c1C. The van der Waals surface area contributed by atoms with Gasteiger partial charge >= 0.3 is 6.18 Å². The number of nitrogens with two attached hydrogens (primary N) is 1. The Labute approximate surface area is 119 Å². The molecule has 0 aliphatic carbocycles. The van der Waals surface area contributed by atoms with Gasteiger partial charge in [-0.1, -0.05) is 6.07 Å². The number of carbonyl (C=O) groups excluding carboxylic acids is 2. The van der Waals surface area contributed by atoms with Crippen LogP contribution in [0.15, 0.2) is 18.2 Å². The third-order valence-electron chi connectivity index (χ3n) is 3.11. The first kappa shape index (κ1) is 17.0. The van der Waals surface area contributed by atoms with Gasteiger partial charge in [-0.25, -0.2) is 0 Å². The lowest BCUT2D eigenvalue weighted by atomic mass is 10.0. The van der Waals surface area contributed by atoms with Gasteiger partial charge < -0.3 is 16.4 Å². The summed E-state index contributed by atoms with van der Waals surface area (Å²) in [6.07, 6.45) is -4.89. The van der Waals surface area contributed by atoms with Gasteiger partial charge in [0.05, 0.1) is 0 Å². The van der Waals surface area contributed by atoms with Crippen molar-refractivity contribution in [3.05, 3.63) is 29.3 Å². The van der Waals surface area contributed by atoms with Crippen molar-refractivity contribution < 1.29 is 22.8 Å². The van der Waals surface area contributed by atoms with E-state index in [0.717, 1.165) is 0 Å². The Bertz CT molecular complexity index is 568. The van der Waals surface area contributed by atoms with Crippen LogP contribution in [0.3, 0.4) is 0 Å². The highest BCUT2D eigenvalue weighted by atomic mass is 19.4. The molecule has 116 valence electrons. The van der Waals surface area contributed by atoms with Crippen molar-refractivity contribution in [2.45, 2.75) is 25.6 Å². The standard InChI is InChI=1S/C13H16F3N3O2/c1-7-8(10(20)18-3)5-4-6-9(7)19-11(21)12(2,17)13(14,15)16/h4-6H,17H2,1-3H3,(H,18,20)(H,19,21). The zero-order valence-corrected chi connectivity index (χ0v) is 11.8. The number of alkyl halides is 3. The molecule has 0 saturated heterocycles. The number of anilines is 1. The molecule has 0 saturated carbocycles. The van der Waals surface area contributed by atoms with Gasteiger partial charge in [-0.3, -0.25) is 9.59 Å². The summed E-state index contributed by atoms with van der Waals surface area (Å²) in [7, 11) is 1.42. The van der Waals surface area contributed by atoms with Gasteiger partial charge in [0.25, 0.3) is 11.8 Å². The van der Waals surface area contributed by atoms with Crippen molar-refractivity contribution >= 4 is 17.5 Å². The first-order valence-electron chi connectivity index (χ1n) is 6.01. The van der Waals surface area contributed by atoms with E-state index in [1.54, 1.807) is 0 Å². The second kappa shape index (κ2) is 5.72. The number of hydrogen-bond donors (Lipinski definition) is 3. The Balaban J connectivity index is 3.10. The topological polar surface area (TPSA) is 84.2 Å². The van der Waals surface area contributed by atoms with Crippen LogP contribution in [0.5, 0.6) is 0 Å². The molecule has 0 spiro atoms. The summed E-state index contributed by atoms with van der Waals surface area (Å²) >= 11 is 0. The van der Waals surface area contributed by atoms with Crippen LogP contribution in [-0.2, 0) is 4.79 Å². The largest absolute Gasteiger partial charge is 0.415 e. The van der Waals surface area contributed by atoms with Gasteiger partial charge in [-0.15, -0.1) is 0 Å². The van der Waals surface area contributed by atoms with Gasteiger partial charge in [-0.2, -0.15) is 13.2 Å². The molecule has 1 aromatic rings. The predicted octanol–water partition coefficient (Wildman–Crippen LogP) is 1.57. The second-order valence-electron chi connectivity index (χ2n) is 4.71. The van der Waals surface area contributed by atoms with Crippen molar-refractivity contribution in [2.75, 3.05) is 12.4 Å². The molecule has 2 amide bonds. The fourth-order valence-electron chi connectivity index (χ4n) is 1.53. The van der Waals surface area contributed by atoms with Crippen LogP contribution in [0.2, 0.25) is 0 Å². The molecule has 0 aliphatic heterocycles. The quantitative estimate of drug-likeness (QED) is 0.792.